The van der Waals surface area contributed by atoms with E-state index in [0.717, 1.165) is 25.3 Å². The minimum absolute atomic E-state index is 0.460. The number of likely N-dealkylation sites (N-methyl/N-ethyl adjacent to an activating group) is 1. The van der Waals surface area contributed by atoms with Gasteiger partial charge in [0.15, 0.2) is 0 Å². The highest BCUT2D eigenvalue weighted by molar-refractivity contribution is 4.90. The van der Waals surface area contributed by atoms with Crippen LogP contribution in [-0.4, -0.2) is 40.0 Å². The van der Waals surface area contributed by atoms with Gasteiger partial charge in [-0.2, -0.15) is 0 Å². The molecule has 0 aliphatic heterocycles. The summed E-state index contributed by atoms with van der Waals surface area (Å²) in [7, 11) is 2.13. The Morgan fingerprint density at radius 1 is 1.53 bits per heavy atom. The van der Waals surface area contributed by atoms with Gasteiger partial charge in [-0.25, -0.2) is 0 Å². The number of nitrogens with zero attached hydrogens (tertiary/aromatic N) is 4. The van der Waals surface area contributed by atoms with Crippen LogP contribution < -0.4 is 5.73 Å². The molecule has 0 aromatic carbocycles. The van der Waals surface area contributed by atoms with Gasteiger partial charge in [0.2, 0.25) is 0 Å². The second-order valence-corrected chi connectivity index (χ2v) is 4.33. The zero-order valence-electron chi connectivity index (χ0n) is 9.85. The quantitative estimate of drug-likeness (QED) is 0.736. The first kappa shape index (κ1) is 12.1. The van der Waals surface area contributed by atoms with E-state index in [2.05, 4.69) is 36.1 Å². The second-order valence-electron chi connectivity index (χ2n) is 4.33. The molecule has 15 heavy (non-hydrogen) atoms. The normalized spacial score (nSPS) is 11.6. The summed E-state index contributed by atoms with van der Waals surface area (Å²) in [5.41, 5.74) is 6.31. The summed E-state index contributed by atoms with van der Waals surface area (Å²) >= 11 is 0. The molecule has 0 fully saturated rings. The molecule has 5 nitrogen and oxygen atoms in total. The van der Waals surface area contributed by atoms with Gasteiger partial charge in [0.05, 0.1) is 12.2 Å². The molecule has 0 amide bonds. The Morgan fingerprint density at radius 3 is 2.80 bits per heavy atom. The van der Waals surface area contributed by atoms with E-state index in [1.54, 1.807) is 0 Å². The maximum atomic E-state index is 5.46. The van der Waals surface area contributed by atoms with E-state index in [0.29, 0.717) is 12.5 Å². The molecule has 0 saturated heterocycles. The van der Waals surface area contributed by atoms with Gasteiger partial charge < -0.3 is 10.6 Å². The molecule has 0 aliphatic carbocycles. The van der Waals surface area contributed by atoms with E-state index in [1.807, 2.05) is 10.9 Å². The van der Waals surface area contributed by atoms with Gasteiger partial charge in [0.1, 0.15) is 0 Å². The highest BCUT2D eigenvalue weighted by atomic mass is 15.4. The fraction of sp³-hybridized carbons (Fsp3) is 0.800. The highest BCUT2D eigenvalue weighted by Gasteiger charge is 2.03. The molecule has 0 saturated carbocycles. The molecule has 0 spiro atoms. The van der Waals surface area contributed by atoms with E-state index < -0.39 is 0 Å². The van der Waals surface area contributed by atoms with Crippen molar-refractivity contribution in [1.29, 1.82) is 0 Å². The predicted molar refractivity (Wildman–Crippen MR) is 60.2 cm³/mol. The molecule has 0 radical (unpaired) electrons. The Hall–Kier alpha value is -0.940. The third kappa shape index (κ3) is 4.40. The summed E-state index contributed by atoms with van der Waals surface area (Å²) in [5.74, 6) is 0.699. The van der Waals surface area contributed by atoms with Crippen LogP contribution >= 0.6 is 0 Å². The number of nitrogens with two attached hydrogens (primary N) is 1. The maximum Gasteiger partial charge on any atom is 0.0962 e. The van der Waals surface area contributed by atoms with Gasteiger partial charge in [0, 0.05) is 25.8 Å². The summed E-state index contributed by atoms with van der Waals surface area (Å²) in [6, 6.07) is 0. The first-order chi connectivity index (χ1) is 7.11. The molecule has 1 heterocycles. The van der Waals surface area contributed by atoms with Gasteiger partial charge in [-0.05, 0) is 13.0 Å². The second kappa shape index (κ2) is 5.82. The van der Waals surface area contributed by atoms with Gasteiger partial charge in [0.25, 0.3) is 0 Å². The Morgan fingerprint density at radius 2 is 2.27 bits per heavy atom. The predicted octanol–water partition coefficient (Wildman–Crippen LogP) is 0.325. The summed E-state index contributed by atoms with van der Waals surface area (Å²) in [6.07, 6.45) is 1.91. The molecule has 0 aliphatic rings. The molecule has 0 atom stereocenters. The molecule has 5 heteroatoms. The Kier molecular flexibility index (Phi) is 4.71. The van der Waals surface area contributed by atoms with E-state index in [9.17, 15) is 0 Å². The van der Waals surface area contributed by atoms with Crippen LogP contribution in [0.5, 0.6) is 0 Å². The zero-order chi connectivity index (χ0) is 11.3. The number of rotatable bonds is 6. The van der Waals surface area contributed by atoms with Crippen molar-refractivity contribution in [3.8, 4) is 0 Å². The third-order valence-electron chi connectivity index (χ3n) is 2.18. The summed E-state index contributed by atoms with van der Waals surface area (Å²) in [6.45, 7) is 7.87. The van der Waals surface area contributed by atoms with Gasteiger partial charge in [-0.1, -0.05) is 19.1 Å². The van der Waals surface area contributed by atoms with Crippen molar-refractivity contribution < 1.29 is 0 Å². The minimum atomic E-state index is 0.460. The fourth-order valence-electron chi connectivity index (χ4n) is 1.53. The molecule has 86 valence electrons. The van der Waals surface area contributed by atoms with E-state index >= 15 is 0 Å². The van der Waals surface area contributed by atoms with Crippen molar-refractivity contribution >= 4 is 0 Å². The first-order valence-corrected chi connectivity index (χ1v) is 5.39. The van der Waals surface area contributed by atoms with Gasteiger partial charge in [-0.15, -0.1) is 5.10 Å². The monoisotopic (exact) mass is 211 g/mol. The Labute approximate surface area is 91.2 Å². The van der Waals surface area contributed by atoms with Crippen LogP contribution in [-0.2, 0) is 13.1 Å². The van der Waals surface area contributed by atoms with Crippen molar-refractivity contribution in [2.24, 2.45) is 11.7 Å². The average Bonchev–Trinajstić information content (AvgIpc) is 2.61. The van der Waals surface area contributed by atoms with Crippen molar-refractivity contribution in [3.63, 3.8) is 0 Å². The van der Waals surface area contributed by atoms with Crippen molar-refractivity contribution in [3.05, 3.63) is 11.9 Å². The standard InChI is InChI=1S/C10H21N5/c1-9(2)7-14(3)4-5-15-8-10(6-11)12-13-15/h8-9H,4-7,11H2,1-3H3. The van der Waals surface area contributed by atoms with E-state index in [1.165, 1.54) is 0 Å². The molecular weight excluding hydrogens is 190 g/mol. The molecule has 0 bridgehead atoms. The largest absolute Gasteiger partial charge is 0.325 e. The maximum absolute atomic E-state index is 5.46. The molecule has 1 rings (SSSR count). The lowest BCUT2D eigenvalue weighted by Gasteiger charge is -2.18. The zero-order valence-corrected chi connectivity index (χ0v) is 9.85. The van der Waals surface area contributed by atoms with E-state index in [-0.39, 0.29) is 0 Å². The van der Waals surface area contributed by atoms with Crippen LogP contribution in [0, 0.1) is 5.92 Å². The van der Waals surface area contributed by atoms with Crippen LogP contribution in [0.25, 0.3) is 0 Å². The molecule has 0 unspecified atom stereocenters. The summed E-state index contributed by atoms with van der Waals surface area (Å²) < 4.78 is 1.85. The Balaban J connectivity index is 2.30. The smallest absolute Gasteiger partial charge is 0.0962 e. The highest BCUT2D eigenvalue weighted by Crippen LogP contribution is 1.97. The molecular formula is C10H21N5. The SMILES string of the molecule is CC(C)CN(C)CCn1cc(CN)nn1. The first-order valence-electron chi connectivity index (χ1n) is 5.39. The number of hydrogen-bond acceptors (Lipinski definition) is 4. The van der Waals surface area contributed by atoms with Crippen LogP contribution in [0.4, 0.5) is 0 Å². The lowest BCUT2D eigenvalue weighted by atomic mass is 10.2. The number of hydrogen-bond donors (Lipinski definition) is 1. The average molecular weight is 211 g/mol. The summed E-state index contributed by atoms with van der Waals surface area (Å²) in [4.78, 5) is 2.30. The topological polar surface area (TPSA) is 60.0 Å². The summed E-state index contributed by atoms with van der Waals surface area (Å²) in [5, 5.41) is 7.94. The number of aromatic nitrogens is 3. The molecule has 1 aromatic rings. The lowest BCUT2D eigenvalue weighted by Crippen LogP contribution is -2.27. The third-order valence-corrected chi connectivity index (χ3v) is 2.18. The minimum Gasteiger partial charge on any atom is -0.325 e. The van der Waals surface area contributed by atoms with Gasteiger partial charge >= 0.3 is 0 Å². The molecule has 2 N–H and O–H groups in total. The Bertz CT molecular complexity index is 281. The van der Waals surface area contributed by atoms with Crippen LogP contribution in [0.2, 0.25) is 0 Å². The lowest BCUT2D eigenvalue weighted by molar-refractivity contribution is 0.278. The van der Waals surface area contributed by atoms with Crippen molar-refractivity contribution in [1.82, 2.24) is 19.9 Å². The fourth-order valence-corrected chi connectivity index (χ4v) is 1.53. The van der Waals surface area contributed by atoms with Gasteiger partial charge in [-0.3, -0.25) is 4.68 Å². The van der Waals surface area contributed by atoms with Crippen LogP contribution in [0.1, 0.15) is 19.5 Å². The van der Waals surface area contributed by atoms with Crippen LogP contribution in [0.3, 0.4) is 0 Å². The van der Waals surface area contributed by atoms with E-state index in [4.69, 9.17) is 5.73 Å². The molecule has 1 aromatic heterocycles. The van der Waals surface area contributed by atoms with Crippen LogP contribution in [0.15, 0.2) is 6.20 Å². The van der Waals surface area contributed by atoms with Crippen molar-refractivity contribution in [2.75, 3.05) is 20.1 Å². The van der Waals surface area contributed by atoms with Crippen molar-refractivity contribution in [2.45, 2.75) is 26.9 Å².